The van der Waals surface area contributed by atoms with Crippen molar-refractivity contribution in [3.63, 3.8) is 0 Å². The summed E-state index contributed by atoms with van der Waals surface area (Å²) in [5, 5.41) is 13.4. The Hall–Kier alpha value is -2.41. The molecule has 1 heterocycles. The Bertz CT molecular complexity index is 632. The normalized spacial score (nSPS) is 10.2. The third kappa shape index (κ3) is 5.17. The molecule has 0 aliphatic heterocycles. The zero-order chi connectivity index (χ0) is 15.8. The molecular weight excluding hydrogens is 302 g/mol. The topological polar surface area (TPSA) is 85.1 Å². The van der Waals surface area contributed by atoms with Crippen molar-refractivity contribution in [2.24, 2.45) is 0 Å². The SMILES string of the molecule is O=C(CSCc1ccc([N+](=O)[O-])cc1)NCc1cccnc1. The molecule has 0 fully saturated rings. The number of pyridine rings is 1. The van der Waals surface area contributed by atoms with Gasteiger partial charge in [-0.2, -0.15) is 0 Å². The molecule has 0 saturated heterocycles. The minimum absolute atomic E-state index is 0.0456. The molecule has 0 radical (unpaired) electrons. The van der Waals surface area contributed by atoms with E-state index in [1.165, 1.54) is 23.9 Å². The van der Waals surface area contributed by atoms with E-state index >= 15 is 0 Å². The Morgan fingerprint density at radius 2 is 2.00 bits per heavy atom. The van der Waals surface area contributed by atoms with E-state index in [0.717, 1.165) is 11.1 Å². The van der Waals surface area contributed by atoms with Gasteiger partial charge < -0.3 is 5.32 Å². The highest BCUT2D eigenvalue weighted by atomic mass is 32.2. The van der Waals surface area contributed by atoms with Crippen LogP contribution in [0.25, 0.3) is 0 Å². The third-order valence-electron chi connectivity index (χ3n) is 2.86. The van der Waals surface area contributed by atoms with Crippen molar-refractivity contribution in [1.29, 1.82) is 0 Å². The van der Waals surface area contributed by atoms with Crippen LogP contribution in [0.1, 0.15) is 11.1 Å². The lowest BCUT2D eigenvalue weighted by atomic mass is 10.2. The molecule has 7 heteroatoms. The number of carbonyl (C=O) groups is 1. The van der Waals surface area contributed by atoms with E-state index in [-0.39, 0.29) is 11.6 Å². The molecule has 2 rings (SSSR count). The van der Waals surface area contributed by atoms with Crippen molar-refractivity contribution in [1.82, 2.24) is 10.3 Å². The highest BCUT2D eigenvalue weighted by Crippen LogP contribution is 2.16. The summed E-state index contributed by atoms with van der Waals surface area (Å²) in [6.45, 7) is 0.463. The van der Waals surface area contributed by atoms with Crippen LogP contribution in [0.15, 0.2) is 48.8 Å². The summed E-state index contributed by atoms with van der Waals surface area (Å²) in [6, 6.07) is 10.1. The Balaban J connectivity index is 1.69. The van der Waals surface area contributed by atoms with Gasteiger partial charge in [-0.25, -0.2) is 0 Å². The van der Waals surface area contributed by atoms with Crippen molar-refractivity contribution in [3.05, 3.63) is 70.0 Å². The molecule has 1 amide bonds. The van der Waals surface area contributed by atoms with Crippen LogP contribution in [-0.2, 0) is 17.1 Å². The number of nitro groups is 1. The number of amides is 1. The van der Waals surface area contributed by atoms with Crippen molar-refractivity contribution < 1.29 is 9.72 Å². The van der Waals surface area contributed by atoms with Crippen LogP contribution in [0.5, 0.6) is 0 Å². The van der Waals surface area contributed by atoms with Crippen molar-refractivity contribution >= 4 is 23.4 Å². The fourth-order valence-corrected chi connectivity index (χ4v) is 2.55. The predicted molar refractivity (Wildman–Crippen MR) is 85.3 cm³/mol. The molecular formula is C15H15N3O3S. The van der Waals surface area contributed by atoms with Crippen molar-refractivity contribution in [2.45, 2.75) is 12.3 Å². The summed E-state index contributed by atoms with van der Waals surface area (Å²) < 4.78 is 0. The fraction of sp³-hybridized carbons (Fsp3) is 0.200. The van der Waals surface area contributed by atoms with Crippen LogP contribution in [0.3, 0.4) is 0 Å². The van der Waals surface area contributed by atoms with Crippen LogP contribution >= 0.6 is 11.8 Å². The van der Waals surface area contributed by atoms with E-state index in [9.17, 15) is 14.9 Å². The Morgan fingerprint density at radius 1 is 1.23 bits per heavy atom. The van der Waals surface area contributed by atoms with Crippen molar-refractivity contribution in [3.8, 4) is 0 Å². The smallest absolute Gasteiger partial charge is 0.269 e. The molecule has 0 unspecified atom stereocenters. The summed E-state index contributed by atoms with van der Waals surface area (Å²) in [5.74, 6) is 0.936. The molecule has 0 saturated carbocycles. The average molecular weight is 317 g/mol. The molecule has 0 bridgehead atoms. The Kier molecular flexibility index (Phi) is 5.91. The molecule has 0 aliphatic rings. The number of hydrogen-bond acceptors (Lipinski definition) is 5. The second-order valence-electron chi connectivity index (χ2n) is 4.55. The van der Waals surface area contributed by atoms with Gasteiger partial charge in [0.1, 0.15) is 0 Å². The van der Waals surface area contributed by atoms with E-state index in [0.29, 0.717) is 18.1 Å². The molecule has 1 aromatic heterocycles. The number of benzene rings is 1. The van der Waals surface area contributed by atoms with Gasteiger partial charge in [-0.1, -0.05) is 18.2 Å². The van der Waals surface area contributed by atoms with Gasteiger partial charge >= 0.3 is 0 Å². The second kappa shape index (κ2) is 8.14. The molecule has 0 aliphatic carbocycles. The minimum Gasteiger partial charge on any atom is -0.351 e. The Morgan fingerprint density at radius 3 is 2.64 bits per heavy atom. The molecule has 0 atom stereocenters. The number of nitrogens with zero attached hydrogens (tertiary/aromatic N) is 2. The van der Waals surface area contributed by atoms with Crippen LogP contribution < -0.4 is 5.32 Å². The first-order valence-electron chi connectivity index (χ1n) is 6.62. The summed E-state index contributed by atoms with van der Waals surface area (Å²) in [7, 11) is 0. The fourth-order valence-electron chi connectivity index (χ4n) is 1.73. The van der Waals surface area contributed by atoms with Crippen LogP contribution in [0, 0.1) is 10.1 Å². The third-order valence-corrected chi connectivity index (χ3v) is 3.87. The molecule has 22 heavy (non-hydrogen) atoms. The van der Waals surface area contributed by atoms with Crippen molar-refractivity contribution in [2.75, 3.05) is 5.75 Å². The average Bonchev–Trinajstić information content (AvgIpc) is 2.54. The molecule has 114 valence electrons. The standard InChI is InChI=1S/C15H15N3O3S/c19-15(17-9-13-2-1-7-16-8-13)11-22-10-12-3-5-14(6-4-12)18(20)21/h1-8H,9-11H2,(H,17,19). The number of aromatic nitrogens is 1. The number of nitrogens with one attached hydrogen (secondary N) is 1. The van der Waals surface area contributed by atoms with Gasteiger partial charge in [-0.15, -0.1) is 11.8 Å². The maximum Gasteiger partial charge on any atom is 0.269 e. The molecule has 1 N–H and O–H groups in total. The lowest BCUT2D eigenvalue weighted by molar-refractivity contribution is -0.384. The zero-order valence-corrected chi connectivity index (χ0v) is 12.6. The first kappa shape index (κ1) is 16.0. The van der Waals surface area contributed by atoms with Gasteiger partial charge in [0.2, 0.25) is 5.91 Å². The Labute approximate surface area is 132 Å². The van der Waals surface area contributed by atoms with E-state index in [1.807, 2.05) is 12.1 Å². The van der Waals surface area contributed by atoms with Gasteiger partial charge in [-0.05, 0) is 17.2 Å². The summed E-state index contributed by atoms with van der Waals surface area (Å²) >= 11 is 1.47. The van der Waals surface area contributed by atoms with E-state index in [4.69, 9.17) is 0 Å². The van der Waals surface area contributed by atoms with Crippen LogP contribution in [-0.4, -0.2) is 21.6 Å². The second-order valence-corrected chi connectivity index (χ2v) is 5.54. The minimum atomic E-state index is -0.428. The van der Waals surface area contributed by atoms with E-state index in [2.05, 4.69) is 10.3 Å². The van der Waals surface area contributed by atoms with Crippen LogP contribution in [0.2, 0.25) is 0 Å². The molecule has 2 aromatic rings. The van der Waals surface area contributed by atoms with Gasteiger partial charge in [0.25, 0.3) is 5.69 Å². The van der Waals surface area contributed by atoms with Gasteiger partial charge in [0.15, 0.2) is 0 Å². The largest absolute Gasteiger partial charge is 0.351 e. The number of rotatable bonds is 7. The van der Waals surface area contributed by atoms with Gasteiger partial charge in [-0.3, -0.25) is 19.9 Å². The monoisotopic (exact) mass is 317 g/mol. The first-order valence-corrected chi connectivity index (χ1v) is 7.77. The zero-order valence-electron chi connectivity index (χ0n) is 11.8. The lowest BCUT2D eigenvalue weighted by Crippen LogP contribution is -2.24. The van der Waals surface area contributed by atoms with Gasteiger partial charge in [0, 0.05) is 36.8 Å². The summed E-state index contributed by atoms with van der Waals surface area (Å²) in [6.07, 6.45) is 3.40. The first-order chi connectivity index (χ1) is 10.6. The molecule has 6 nitrogen and oxygen atoms in total. The maximum absolute atomic E-state index is 11.7. The van der Waals surface area contributed by atoms with Gasteiger partial charge in [0.05, 0.1) is 10.7 Å². The highest BCUT2D eigenvalue weighted by molar-refractivity contribution is 7.99. The maximum atomic E-state index is 11.7. The number of carbonyl (C=O) groups excluding carboxylic acids is 1. The number of hydrogen-bond donors (Lipinski definition) is 1. The highest BCUT2D eigenvalue weighted by Gasteiger charge is 2.05. The summed E-state index contributed by atoms with van der Waals surface area (Å²) in [4.78, 5) is 25.8. The van der Waals surface area contributed by atoms with Crippen LogP contribution in [0.4, 0.5) is 5.69 Å². The molecule has 1 aromatic carbocycles. The number of non-ortho nitro benzene ring substituents is 1. The number of nitro benzene ring substituents is 1. The predicted octanol–water partition coefficient (Wildman–Crippen LogP) is 2.54. The lowest BCUT2D eigenvalue weighted by Gasteiger charge is -2.05. The molecule has 0 spiro atoms. The summed E-state index contributed by atoms with van der Waals surface area (Å²) in [5.41, 5.74) is 1.98. The van der Waals surface area contributed by atoms with E-state index < -0.39 is 4.92 Å². The number of thioether (sulfide) groups is 1. The van der Waals surface area contributed by atoms with E-state index in [1.54, 1.807) is 24.5 Å². The quantitative estimate of drug-likeness (QED) is 0.626.